The number of hydrogen-bond acceptors (Lipinski definition) is 5. The average Bonchev–Trinajstić information content (AvgIpc) is 3.23. The van der Waals surface area contributed by atoms with Crippen LogP contribution in [0.15, 0.2) is 52.9 Å². The number of benzene rings is 2. The molecule has 0 bridgehead atoms. The predicted octanol–water partition coefficient (Wildman–Crippen LogP) is 6.15. The van der Waals surface area contributed by atoms with Gasteiger partial charge in [-0.1, -0.05) is 42.3 Å². The lowest BCUT2D eigenvalue weighted by Gasteiger charge is -2.35. The lowest BCUT2D eigenvalue weighted by molar-refractivity contribution is 0.170. The van der Waals surface area contributed by atoms with Gasteiger partial charge in [0.1, 0.15) is 11.9 Å². The fourth-order valence-electron chi connectivity index (χ4n) is 3.91. The van der Waals surface area contributed by atoms with Crippen LogP contribution < -0.4 is 5.32 Å². The second-order valence-electron chi connectivity index (χ2n) is 7.77. The maximum absolute atomic E-state index is 13.1. The Morgan fingerprint density at radius 3 is 2.50 bits per heavy atom. The molecule has 7 heteroatoms. The number of hydrogen-bond donors (Lipinski definition) is 1. The Hall–Kier alpha value is -3.14. The summed E-state index contributed by atoms with van der Waals surface area (Å²) in [6, 6.07) is 16.2. The van der Waals surface area contributed by atoms with E-state index in [0.717, 1.165) is 18.7 Å². The first-order valence-electron chi connectivity index (χ1n) is 10.7. The van der Waals surface area contributed by atoms with Crippen molar-refractivity contribution in [2.24, 2.45) is 0 Å². The summed E-state index contributed by atoms with van der Waals surface area (Å²) in [7, 11) is 0. The Kier molecular flexibility index (Phi) is 7.21. The Labute approximate surface area is 192 Å². The van der Waals surface area contributed by atoms with Gasteiger partial charge in [-0.05, 0) is 67.4 Å². The zero-order chi connectivity index (χ0) is 22.3. The van der Waals surface area contributed by atoms with Gasteiger partial charge >= 0.3 is 0 Å². The van der Waals surface area contributed by atoms with E-state index >= 15 is 0 Å². The molecule has 0 aliphatic carbocycles. The third kappa shape index (κ3) is 5.56. The molecule has 1 atom stereocenters. The molecule has 1 aliphatic heterocycles. The van der Waals surface area contributed by atoms with E-state index < -0.39 is 0 Å². The zero-order valence-electron chi connectivity index (χ0n) is 17.6. The van der Waals surface area contributed by atoms with Crippen molar-refractivity contribution in [1.82, 2.24) is 9.88 Å². The molecule has 0 radical (unpaired) electrons. The summed E-state index contributed by atoms with van der Waals surface area (Å²) in [5, 5.41) is 13.5. The summed E-state index contributed by atoms with van der Waals surface area (Å²) in [6.07, 6.45) is 7.03. The average molecular weight is 451 g/mol. The van der Waals surface area contributed by atoms with Crippen molar-refractivity contribution >= 4 is 29.6 Å². The SMILES string of the molecule is N#Cc1nc(/C=C/c2ccc(F)cc2)oc1NCC(c1ccc(Cl)cc1)N1CCCCC1. The number of nitriles is 1. The maximum Gasteiger partial charge on any atom is 0.232 e. The molecule has 5 nitrogen and oxygen atoms in total. The lowest BCUT2D eigenvalue weighted by Crippen LogP contribution is -2.37. The quantitative estimate of drug-likeness (QED) is 0.467. The number of anilines is 1. The van der Waals surface area contributed by atoms with Gasteiger partial charge in [0.05, 0.1) is 6.04 Å². The maximum atomic E-state index is 13.1. The molecule has 1 aromatic heterocycles. The molecule has 164 valence electrons. The van der Waals surface area contributed by atoms with Crippen molar-refractivity contribution in [1.29, 1.82) is 5.26 Å². The van der Waals surface area contributed by atoms with Crippen LogP contribution in [0.3, 0.4) is 0 Å². The fourth-order valence-corrected chi connectivity index (χ4v) is 4.03. The van der Waals surface area contributed by atoms with Crippen LogP contribution in [-0.4, -0.2) is 29.5 Å². The van der Waals surface area contributed by atoms with Crippen LogP contribution in [0.5, 0.6) is 0 Å². The van der Waals surface area contributed by atoms with E-state index in [1.807, 2.05) is 24.3 Å². The number of likely N-dealkylation sites (tertiary alicyclic amines) is 1. The van der Waals surface area contributed by atoms with Crippen LogP contribution in [-0.2, 0) is 0 Å². The molecule has 4 rings (SSSR count). The topological polar surface area (TPSA) is 65.1 Å². The number of piperidine rings is 1. The Morgan fingerprint density at radius 2 is 1.81 bits per heavy atom. The minimum atomic E-state index is -0.291. The molecule has 0 spiro atoms. The molecule has 2 heterocycles. The first-order chi connectivity index (χ1) is 15.6. The summed E-state index contributed by atoms with van der Waals surface area (Å²) < 4.78 is 18.9. The Bertz CT molecular complexity index is 1100. The lowest BCUT2D eigenvalue weighted by atomic mass is 10.0. The van der Waals surface area contributed by atoms with Crippen LogP contribution in [0.2, 0.25) is 5.02 Å². The molecule has 1 fully saturated rings. The first kappa shape index (κ1) is 22.1. The zero-order valence-corrected chi connectivity index (χ0v) is 18.4. The highest BCUT2D eigenvalue weighted by atomic mass is 35.5. The molecule has 1 unspecified atom stereocenters. The van der Waals surface area contributed by atoms with Crippen LogP contribution >= 0.6 is 11.6 Å². The molecule has 1 N–H and O–H groups in total. The van der Waals surface area contributed by atoms with Crippen molar-refractivity contribution in [2.75, 3.05) is 25.0 Å². The van der Waals surface area contributed by atoms with E-state index in [9.17, 15) is 9.65 Å². The molecule has 1 aliphatic rings. The van der Waals surface area contributed by atoms with Gasteiger partial charge in [-0.2, -0.15) is 10.2 Å². The predicted molar refractivity (Wildman–Crippen MR) is 125 cm³/mol. The van der Waals surface area contributed by atoms with E-state index in [1.54, 1.807) is 24.3 Å². The monoisotopic (exact) mass is 450 g/mol. The van der Waals surface area contributed by atoms with Gasteiger partial charge in [-0.15, -0.1) is 0 Å². The standard InChI is InChI=1S/C25H24ClFN4O/c26-20-9-7-19(8-10-20)23(31-14-2-1-3-15-31)17-29-25-22(16-28)30-24(32-25)13-6-18-4-11-21(27)12-5-18/h4-13,23,29H,1-3,14-15,17H2/b13-6+. The number of rotatable bonds is 7. The molecule has 0 saturated carbocycles. The summed E-state index contributed by atoms with van der Waals surface area (Å²) in [5.41, 5.74) is 2.18. The fraction of sp³-hybridized carbons (Fsp3) is 0.280. The van der Waals surface area contributed by atoms with Crippen LogP contribution in [0, 0.1) is 17.1 Å². The van der Waals surface area contributed by atoms with E-state index in [0.29, 0.717) is 23.3 Å². The van der Waals surface area contributed by atoms with Crippen molar-refractivity contribution in [3.8, 4) is 6.07 Å². The van der Waals surface area contributed by atoms with Crippen molar-refractivity contribution < 1.29 is 8.81 Å². The van der Waals surface area contributed by atoms with Gasteiger partial charge in [0.15, 0.2) is 0 Å². The molecular formula is C25H24ClFN4O. The van der Waals surface area contributed by atoms with Gasteiger partial charge in [0.25, 0.3) is 0 Å². The number of halogens is 2. The number of oxazole rings is 1. The molecule has 32 heavy (non-hydrogen) atoms. The van der Waals surface area contributed by atoms with Crippen LogP contribution in [0.1, 0.15) is 48.0 Å². The van der Waals surface area contributed by atoms with E-state index in [1.165, 1.54) is 37.0 Å². The highest BCUT2D eigenvalue weighted by Crippen LogP contribution is 2.27. The van der Waals surface area contributed by atoms with Crippen molar-refractivity contribution in [3.63, 3.8) is 0 Å². The van der Waals surface area contributed by atoms with Crippen LogP contribution in [0.4, 0.5) is 10.3 Å². The molecular weight excluding hydrogens is 427 g/mol. The number of nitrogens with one attached hydrogen (secondary N) is 1. The molecule has 1 saturated heterocycles. The van der Waals surface area contributed by atoms with E-state index in [-0.39, 0.29) is 17.6 Å². The third-order valence-corrected chi connectivity index (χ3v) is 5.83. The summed E-state index contributed by atoms with van der Waals surface area (Å²) in [6.45, 7) is 2.64. The van der Waals surface area contributed by atoms with Crippen molar-refractivity contribution in [3.05, 3.63) is 82.1 Å². The molecule has 3 aromatic rings. The molecule has 2 aromatic carbocycles. The second-order valence-corrected chi connectivity index (χ2v) is 8.21. The molecule has 0 amide bonds. The van der Waals surface area contributed by atoms with Gasteiger partial charge in [-0.25, -0.2) is 4.39 Å². The second kappa shape index (κ2) is 10.4. The highest BCUT2D eigenvalue weighted by Gasteiger charge is 2.23. The first-order valence-corrected chi connectivity index (χ1v) is 11.1. The van der Waals surface area contributed by atoms with Gasteiger partial charge < -0.3 is 9.73 Å². The highest BCUT2D eigenvalue weighted by molar-refractivity contribution is 6.30. The summed E-state index contributed by atoms with van der Waals surface area (Å²) in [5.74, 6) is 0.372. The van der Waals surface area contributed by atoms with Crippen molar-refractivity contribution in [2.45, 2.75) is 25.3 Å². The number of nitrogens with zero attached hydrogens (tertiary/aromatic N) is 3. The van der Waals surface area contributed by atoms with E-state index in [2.05, 4.69) is 21.3 Å². The minimum absolute atomic E-state index is 0.127. The smallest absolute Gasteiger partial charge is 0.232 e. The number of aromatic nitrogens is 1. The van der Waals surface area contributed by atoms with Gasteiger partial charge in [0.2, 0.25) is 17.5 Å². The van der Waals surface area contributed by atoms with Gasteiger partial charge in [0, 0.05) is 17.6 Å². The summed E-state index contributed by atoms with van der Waals surface area (Å²) in [4.78, 5) is 6.71. The summed E-state index contributed by atoms with van der Waals surface area (Å²) >= 11 is 6.09. The Balaban J connectivity index is 1.50. The Morgan fingerprint density at radius 1 is 1.09 bits per heavy atom. The largest absolute Gasteiger partial charge is 0.420 e. The van der Waals surface area contributed by atoms with Crippen LogP contribution in [0.25, 0.3) is 12.2 Å². The minimum Gasteiger partial charge on any atom is -0.420 e. The van der Waals surface area contributed by atoms with Gasteiger partial charge in [-0.3, -0.25) is 4.90 Å². The van der Waals surface area contributed by atoms with E-state index in [4.69, 9.17) is 16.0 Å². The normalized spacial score (nSPS) is 15.5. The third-order valence-electron chi connectivity index (χ3n) is 5.58.